The highest BCUT2D eigenvalue weighted by atomic mass is 16.3. The average molecular weight is 360 g/mol. The first kappa shape index (κ1) is 15.3. The molecule has 0 unspecified atom stereocenters. The van der Waals surface area contributed by atoms with E-state index in [0.717, 1.165) is 44.2 Å². The van der Waals surface area contributed by atoms with Crippen molar-refractivity contribution < 1.29 is 8.83 Å². The number of hydrogen-bond donors (Lipinski definition) is 0. The van der Waals surface area contributed by atoms with Gasteiger partial charge in [-0.3, -0.25) is 0 Å². The van der Waals surface area contributed by atoms with Crippen LogP contribution in [0.4, 0.5) is 0 Å². The molecule has 0 fully saturated rings. The van der Waals surface area contributed by atoms with Crippen LogP contribution in [0, 0.1) is 0 Å². The number of benzene rings is 4. The molecule has 0 saturated heterocycles. The molecule has 6 aromatic rings. The fourth-order valence-corrected chi connectivity index (χ4v) is 4.15. The fraction of sp³-hybridized carbons (Fsp3) is 0. The molecule has 0 atom stereocenters. The number of furan rings is 2. The molecule has 0 amide bonds. The van der Waals surface area contributed by atoms with Gasteiger partial charge in [-0.05, 0) is 46.2 Å². The van der Waals surface area contributed by atoms with Crippen LogP contribution in [0.25, 0.3) is 55.0 Å². The molecular weight excluding hydrogens is 344 g/mol. The summed E-state index contributed by atoms with van der Waals surface area (Å²) in [5.41, 5.74) is 6.33. The SMILES string of the molecule is c1ccc(-c2cc3c4ccoc4c(-c4ccccc4)cc3c3ccoc23)cc1. The molecule has 2 aromatic heterocycles. The Morgan fingerprint density at radius 1 is 0.429 bits per heavy atom. The van der Waals surface area contributed by atoms with Crippen LogP contribution in [0.1, 0.15) is 0 Å². The summed E-state index contributed by atoms with van der Waals surface area (Å²) < 4.78 is 11.9. The highest BCUT2D eigenvalue weighted by Gasteiger charge is 2.17. The van der Waals surface area contributed by atoms with E-state index in [0.29, 0.717) is 0 Å². The second-order valence-corrected chi connectivity index (χ2v) is 7.00. The molecule has 0 bridgehead atoms. The standard InChI is InChI=1S/C26H16O2/c1-3-7-17(8-4-1)21-15-23-20-12-14-28-26(20)22(18-9-5-2-6-10-18)16-24(23)19-11-13-27-25(19)21/h1-16H. The Morgan fingerprint density at radius 3 is 1.29 bits per heavy atom. The third-order valence-electron chi connectivity index (χ3n) is 5.44. The third-order valence-corrected chi connectivity index (χ3v) is 5.44. The summed E-state index contributed by atoms with van der Waals surface area (Å²) in [6, 6.07) is 29.3. The van der Waals surface area contributed by atoms with Gasteiger partial charge in [-0.15, -0.1) is 0 Å². The summed E-state index contributed by atoms with van der Waals surface area (Å²) >= 11 is 0. The van der Waals surface area contributed by atoms with Crippen molar-refractivity contribution in [3.8, 4) is 22.3 Å². The largest absolute Gasteiger partial charge is 0.464 e. The lowest BCUT2D eigenvalue weighted by Crippen LogP contribution is -1.85. The van der Waals surface area contributed by atoms with Gasteiger partial charge in [0.05, 0.1) is 12.5 Å². The zero-order chi connectivity index (χ0) is 18.5. The Kier molecular flexibility index (Phi) is 3.20. The van der Waals surface area contributed by atoms with Crippen molar-refractivity contribution in [1.82, 2.24) is 0 Å². The summed E-state index contributed by atoms with van der Waals surface area (Å²) in [6.45, 7) is 0. The Balaban J connectivity index is 1.78. The average Bonchev–Trinajstić information content (AvgIpc) is 3.44. The van der Waals surface area contributed by atoms with Crippen LogP contribution in [-0.4, -0.2) is 0 Å². The third kappa shape index (κ3) is 2.15. The van der Waals surface area contributed by atoms with Crippen LogP contribution < -0.4 is 0 Å². The van der Waals surface area contributed by atoms with Gasteiger partial charge in [-0.25, -0.2) is 0 Å². The minimum atomic E-state index is 0.917. The second-order valence-electron chi connectivity index (χ2n) is 7.00. The van der Waals surface area contributed by atoms with Crippen molar-refractivity contribution in [1.29, 1.82) is 0 Å². The summed E-state index contributed by atoms with van der Waals surface area (Å²) in [6.07, 6.45) is 3.55. The van der Waals surface area contributed by atoms with Gasteiger partial charge in [-0.2, -0.15) is 0 Å². The van der Waals surface area contributed by atoms with E-state index in [9.17, 15) is 0 Å². The first-order valence-electron chi connectivity index (χ1n) is 9.35. The van der Waals surface area contributed by atoms with Gasteiger partial charge < -0.3 is 8.83 Å². The molecular formula is C26H16O2. The maximum Gasteiger partial charge on any atom is 0.142 e. The summed E-state index contributed by atoms with van der Waals surface area (Å²) in [5, 5.41) is 4.60. The van der Waals surface area contributed by atoms with E-state index in [1.807, 2.05) is 12.1 Å². The monoisotopic (exact) mass is 360 g/mol. The minimum absolute atomic E-state index is 0.917. The van der Waals surface area contributed by atoms with Crippen molar-refractivity contribution in [2.24, 2.45) is 0 Å². The molecule has 2 heterocycles. The lowest BCUT2D eigenvalue weighted by molar-refractivity contribution is 0.616. The van der Waals surface area contributed by atoms with Crippen LogP contribution in [0.2, 0.25) is 0 Å². The Labute approximate surface area is 161 Å². The Morgan fingerprint density at radius 2 is 0.857 bits per heavy atom. The highest BCUT2D eigenvalue weighted by molar-refractivity contribution is 6.21. The van der Waals surface area contributed by atoms with Crippen molar-refractivity contribution in [2.45, 2.75) is 0 Å². The van der Waals surface area contributed by atoms with Crippen LogP contribution in [0.15, 0.2) is 106 Å². The van der Waals surface area contributed by atoms with Crippen molar-refractivity contribution in [3.63, 3.8) is 0 Å². The molecule has 2 heteroatoms. The first-order chi connectivity index (χ1) is 13.9. The molecule has 0 aliphatic heterocycles. The van der Waals surface area contributed by atoms with Crippen LogP contribution in [0.3, 0.4) is 0 Å². The van der Waals surface area contributed by atoms with E-state index in [-0.39, 0.29) is 0 Å². The molecule has 132 valence electrons. The van der Waals surface area contributed by atoms with Gasteiger partial charge in [0, 0.05) is 21.9 Å². The lowest BCUT2D eigenvalue weighted by Gasteiger charge is -2.10. The van der Waals surface area contributed by atoms with E-state index in [4.69, 9.17) is 8.83 Å². The van der Waals surface area contributed by atoms with E-state index in [1.54, 1.807) is 12.5 Å². The highest BCUT2D eigenvalue weighted by Crippen LogP contribution is 2.42. The van der Waals surface area contributed by atoms with Crippen LogP contribution in [0.5, 0.6) is 0 Å². The molecule has 0 saturated carbocycles. The van der Waals surface area contributed by atoms with E-state index >= 15 is 0 Å². The number of hydrogen-bond acceptors (Lipinski definition) is 2. The molecule has 6 rings (SSSR count). The molecule has 0 N–H and O–H groups in total. The zero-order valence-corrected chi connectivity index (χ0v) is 15.1. The number of fused-ring (bicyclic) bond motifs is 5. The van der Waals surface area contributed by atoms with Gasteiger partial charge in [0.25, 0.3) is 0 Å². The quantitative estimate of drug-likeness (QED) is 0.317. The molecule has 0 radical (unpaired) electrons. The minimum Gasteiger partial charge on any atom is -0.464 e. The summed E-state index contributed by atoms with van der Waals surface area (Å²) in [4.78, 5) is 0. The van der Waals surface area contributed by atoms with E-state index in [2.05, 4.69) is 72.8 Å². The van der Waals surface area contributed by atoms with E-state index < -0.39 is 0 Å². The molecule has 28 heavy (non-hydrogen) atoms. The molecule has 0 aliphatic carbocycles. The van der Waals surface area contributed by atoms with Crippen molar-refractivity contribution in [3.05, 3.63) is 97.5 Å². The topological polar surface area (TPSA) is 26.3 Å². The molecule has 4 aromatic carbocycles. The Hall–Kier alpha value is -3.78. The molecule has 0 spiro atoms. The van der Waals surface area contributed by atoms with Crippen molar-refractivity contribution >= 4 is 32.7 Å². The molecule has 2 nitrogen and oxygen atoms in total. The lowest BCUT2D eigenvalue weighted by atomic mass is 9.93. The van der Waals surface area contributed by atoms with Crippen molar-refractivity contribution in [2.75, 3.05) is 0 Å². The summed E-state index contributed by atoms with van der Waals surface area (Å²) in [7, 11) is 0. The predicted molar refractivity (Wildman–Crippen MR) is 114 cm³/mol. The van der Waals surface area contributed by atoms with Gasteiger partial charge in [0.2, 0.25) is 0 Å². The molecule has 0 aliphatic rings. The zero-order valence-electron chi connectivity index (χ0n) is 15.1. The Bertz CT molecular complexity index is 1320. The van der Waals surface area contributed by atoms with Crippen LogP contribution >= 0.6 is 0 Å². The van der Waals surface area contributed by atoms with Gasteiger partial charge in [0.1, 0.15) is 11.2 Å². The van der Waals surface area contributed by atoms with Gasteiger partial charge in [-0.1, -0.05) is 60.7 Å². The first-order valence-corrected chi connectivity index (χ1v) is 9.35. The maximum atomic E-state index is 5.93. The smallest absolute Gasteiger partial charge is 0.142 e. The maximum absolute atomic E-state index is 5.93. The summed E-state index contributed by atoms with van der Waals surface area (Å²) in [5.74, 6) is 0. The fourth-order valence-electron chi connectivity index (χ4n) is 4.15. The predicted octanol–water partition coefficient (Wildman–Crippen LogP) is 7.67. The van der Waals surface area contributed by atoms with E-state index in [1.165, 1.54) is 10.8 Å². The van der Waals surface area contributed by atoms with Gasteiger partial charge >= 0.3 is 0 Å². The van der Waals surface area contributed by atoms with Gasteiger partial charge in [0.15, 0.2) is 0 Å². The van der Waals surface area contributed by atoms with Crippen LogP contribution in [-0.2, 0) is 0 Å². The second kappa shape index (κ2) is 5.86. The normalized spacial score (nSPS) is 11.6. The number of rotatable bonds is 2.